The van der Waals surface area contributed by atoms with Crippen molar-refractivity contribution >= 4 is 33.3 Å². The number of aryl methyl sites for hydroxylation is 1. The second kappa shape index (κ2) is 7.38. The summed E-state index contributed by atoms with van der Waals surface area (Å²) in [5.41, 5.74) is 3.86. The van der Waals surface area contributed by atoms with Crippen LogP contribution in [0.2, 0.25) is 0 Å². The highest BCUT2D eigenvalue weighted by Gasteiger charge is 2.18. The Labute approximate surface area is 151 Å². The minimum atomic E-state index is 0.536. The van der Waals surface area contributed by atoms with Gasteiger partial charge in [0, 0.05) is 10.4 Å². The molecule has 0 aliphatic heterocycles. The molecule has 24 heavy (non-hydrogen) atoms. The lowest BCUT2D eigenvalue weighted by molar-refractivity contribution is 0.867. The van der Waals surface area contributed by atoms with Crippen molar-refractivity contribution in [1.82, 2.24) is 9.97 Å². The van der Waals surface area contributed by atoms with Gasteiger partial charge in [0.25, 0.3) is 0 Å². The Morgan fingerprint density at radius 1 is 1.21 bits per heavy atom. The maximum Gasteiger partial charge on any atom is 0.128 e. The number of nitrogens with zero attached hydrogens (tertiary/aromatic N) is 2. The Morgan fingerprint density at radius 2 is 1.96 bits per heavy atom. The molecule has 3 aromatic rings. The van der Waals surface area contributed by atoms with Crippen molar-refractivity contribution in [3.63, 3.8) is 0 Å². The zero-order chi connectivity index (χ0) is 17.1. The SMILES string of the molecule is C#CCSc1ncnc2sc(CC)c(-c3ccc(C(C)C)cc3)c12. The molecule has 0 bridgehead atoms. The molecule has 122 valence electrons. The number of benzene rings is 1. The molecule has 0 unspecified atom stereocenters. The summed E-state index contributed by atoms with van der Waals surface area (Å²) in [7, 11) is 0. The van der Waals surface area contributed by atoms with Gasteiger partial charge in [-0.1, -0.05) is 62.7 Å². The number of hydrogen-bond acceptors (Lipinski definition) is 4. The van der Waals surface area contributed by atoms with Crippen LogP contribution >= 0.6 is 23.1 Å². The van der Waals surface area contributed by atoms with Crippen LogP contribution in [0.15, 0.2) is 35.6 Å². The molecular weight excluding hydrogens is 332 g/mol. The second-order valence-electron chi connectivity index (χ2n) is 5.88. The van der Waals surface area contributed by atoms with Crippen LogP contribution in [-0.2, 0) is 6.42 Å². The first kappa shape index (κ1) is 17.0. The van der Waals surface area contributed by atoms with Crippen molar-refractivity contribution in [2.75, 3.05) is 5.75 Å². The second-order valence-corrected chi connectivity index (χ2v) is 7.93. The van der Waals surface area contributed by atoms with E-state index in [2.05, 4.69) is 60.9 Å². The number of hydrogen-bond donors (Lipinski definition) is 0. The molecule has 1 aromatic carbocycles. The highest BCUT2D eigenvalue weighted by atomic mass is 32.2. The van der Waals surface area contributed by atoms with Gasteiger partial charge in [0.2, 0.25) is 0 Å². The molecule has 0 saturated heterocycles. The maximum atomic E-state index is 5.43. The molecule has 2 nitrogen and oxygen atoms in total. The molecule has 0 atom stereocenters. The summed E-state index contributed by atoms with van der Waals surface area (Å²) < 4.78 is 0. The summed E-state index contributed by atoms with van der Waals surface area (Å²) in [6, 6.07) is 8.89. The van der Waals surface area contributed by atoms with E-state index < -0.39 is 0 Å². The lowest BCUT2D eigenvalue weighted by Crippen LogP contribution is -1.90. The van der Waals surface area contributed by atoms with Crippen molar-refractivity contribution in [3.05, 3.63) is 41.0 Å². The number of aromatic nitrogens is 2. The highest BCUT2D eigenvalue weighted by molar-refractivity contribution is 7.99. The number of fused-ring (bicyclic) bond motifs is 1. The van der Waals surface area contributed by atoms with E-state index in [0.717, 1.165) is 21.7 Å². The molecule has 4 heteroatoms. The fourth-order valence-corrected chi connectivity index (χ4v) is 4.61. The predicted octanol–water partition coefficient (Wildman–Crippen LogP) is 5.77. The average molecular weight is 353 g/mol. The lowest BCUT2D eigenvalue weighted by Gasteiger charge is -2.09. The van der Waals surface area contributed by atoms with Gasteiger partial charge in [-0.05, 0) is 23.5 Å². The number of terminal acetylenes is 1. The fraction of sp³-hybridized carbons (Fsp3) is 0.300. The highest BCUT2D eigenvalue weighted by Crippen LogP contribution is 2.42. The zero-order valence-corrected chi connectivity index (χ0v) is 15.8. The molecule has 0 fully saturated rings. The Kier molecular flexibility index (Phi) is 5.23. The van der Waals surface area contributed by atoms with Gasteiger partial charge < -0.3 is 0 Å². The van der Waals surface area contributed by atoms with Crippen LogP contribution in [0, 0.1) is 12.3 Å². The molecule has 0 spiro atoms. The molecule has 0 amide bonds. The summed E-state index contributed by atoms with van der Waals surface area (Å²) in [5.74, 6) is 3.84. The Balaban J connectivity index is 2.19. The Bertz CT molecular complexity index is 886. The van der Waals surface area contributed by atoms with Crippen LogP contribution < -0.4 is 0 Å². The van der Waals surface area contributed by atoms with E-state index in [1.165, 1.54) is 21.6 Å². The molecule has 2 aromatic heterocycles. The van der Waals surface area contributed by atoms with E-state index in [1.807, 2.05) is 0 Å². The minimum absolute atomic E-state index is 0.536. The van der Waals surface area contributed by atoms with Crippen molar-refractivity contribution in [2.45, 2.75) is 38.1 Å². The molecule has 0 saturated carbocycles. The maximum absolute atomic E-state index is 5.43. The summed E-state index contributed by atoms with van der Waals surface area (Å²) >= 11 is 3.37. The third-order valence-electron chi connectivity index (χ3n) is 4.01. The molecule has 0 N–H and O–H groups in total. The van der Waals surface area contributed by atoms with Crippen LogP contribution in [0.5, 0.6) is 0 Å². The summed E-state index contributed by atoms with van der Waals surface area (Å²) in [5, 5.41) is 2.13. The van der Waals surface area contributed by atoms with Crippen LogP contribution in [0.4, 0.5) is 0 Å². The minimum Gasteiger partial charge on any atom is -0.229 e. The quantitative estimate of drug-likeness (QED) is 0.331. The van der Waals surface area contributed by atoms with Gasteiger partial charge in [-0.25, -0.2) is 9.97 Å². The van der Waals surface area contributed by atoms with Crippen molar-refractivity contribution in [3.8, 4) is 23.5 Å². The van der Waals surface area contributed by atoms with Crippen molar-refractivity contribution in [1.29, 1.82) is 0 Å². The first-order valence-corrected chi connectivity index (χ1v) is 9.88. The Hall–Kier alpha value is -1.83. The van der Waals surface area contributed by atoms with E-state index in [0.29, 0.717) is 11.7 Å². The van der Waals surface area contributed by atoms with Crippen LogP contribution in [0.25, 0.3) is 21.3 Å². The number of thioether (sulfide) groups is 1. The van der Waals surface area contributed by atoms with Crippen molar-refractivity contribution < 1.29 is 0 Å². The van der Waals surface area contributed by atoms with Gasteiger partial charge in [-0.2, -0.15) is 0 Å². The molecule has 0 aliphatic carbocycles. The monoisotopic (exact) mass is 352 g/mol. The molecule has 3 rings (SSSR count). The predicted molar refractivity (Wildman–Crippen MR) is 106 cm³/mol. The first-order chi connectivity index (χ1) is 11.7. The topological polar surface area (TPSA) is 25.8 Å². The summed E-state index contributed by atoms with van der Waals surface area (Å²) in [4.78, 5) is 11.4. The number of rotatable bonds is 5. The van der Waals surface area contributed by atoms with E-state index in [1.54, 1.807) is 29.4 Å². The van der Waals surface area contributed by atoms with Crippen LogP contribution in [0.1, 0.15) is 37.1 Å². The third-order valence-corrected chi connectivity index (χ3v) is 6.14. The molecule has 2 heterocycles. The van der Waals surface area contributed by atoms with Crippen molar-refractivity contribution in [2.24, 2.45) is 0 Å². The third kappa shape index (κ3) is 3.19. The molecular formula is C20H20N2S2. The van der Waals surface area contributed by atoms with Gasteiger partial charge in [0.1, 0.15) is 16.2 Å². The average Bonchev–Trinajstić information content (AvgIpc) is 2.99. The largest absolute Gasteiger partial charge is 0.229 e. The summed E-state index contributed by atoms with van der Waals surface area (Å²) in [6.07, 6.45) is 8.06. The smallest absolute Gasteiger partial charge is 0.128 e. The number of thiophene rings is 1. The van der Waals surface area contributed by atoms with E-state index in [9.17, 15) is 0 Å². The van der Waals surface area contributed by atoms with Gasteiger partial charge in [0.15, 0.2) is 0 Å². The summed E-state index contributed by atoms with van der Waals surface area (Å²) in [6.45, 7) is 6.63. The van der Waals surface area contributed by atoms with Crippen LogP contribution in [-0.4, -0.2) is 15.7 Å². The lowest BCUT2D eigenvalue weighted by atomic mass is 9.97. The van der Waals surface area contributed by atoms with Gasteiger partial charge in [-0.15, -0.1) is 17.8 Å². The Morgan fingerprint density at radius 3 is 2.58 bits per heavy atom. The fourth-order valence-electron chi connectivity index (χ4n) is 2.76. The van der Waals surface area contributed by atoms with E-state index >= 15 is 0 Å². The van der Waals surface area contributed by atoms with Crippen LogP contribution in [0.3, 0.4) is 0 Å². The van der Waals surface area contributed by atoms with Gasteiger partial charge in [-0.3, -0.25) is 0 Å². The first-order valence-electron chi connectivity index (χ1n) is 8.08. The van der Waals surface area contributed by atoms with E-state index in [-0.39, 0.29) is 0 Å². The normalized spacial score (nSPS) is 11.1. The standard InChI is InChI=1S/C20H20N2S2/c1-5-11-23-19-18-17(15-9-7-14(8-10-15)13(3)4)16(6-2)24-20(18)22-12-21-19/h1,7-10,12-13H,6,11H2,2-4H3. The zero-order valence-electron chi connectivity index (χ0n) is 14.2. The van der Waals surface area contributed by atoms with Gasteiger partial charge in [0.05, 0.1) is 11.1 Å². The molecule has 0 aliphatic rings. The molecule has 0 radical (unpaired) electrons. The van der Waals surface area contributed by atoms with Gasteiger partial charge >= 0.3 is 0 Å². The van der Waals surface area contributed by atoms with E-state index in [4.69, 9.17) is 6.42 Å².